The van der Waals surface area contributed by atoms with Gasteiger partial charge in [-0.1, -0.05) is 11.6 Å². The fraction of sp³-hybridized carbons (Fsp3) is 0.0833. The Morgan fingerprint density at radius 3 is 3.00 bits per heavy atom. The highest BCUT2D eigenvalue weighted by Gasteiger charge is 2.14. The smallest absolute Gasteiger partial charge is 0.180 e. The van der Waals surface area contributed by atoms with E-state index < -0.39 is 0 Å². The molecule has 3 N–H and O–H groups in total. The van der Waals surface area contributed by atoms with Crippen LogP contribution in [0.5, 0.6) is 5.75 Å². The average molecular weight is 276 g/mol. The third-order valence-corrected chi connectivity index (χ3v) is 3.07. The zero-order valence-electron chi connectivity index (χ0n) is 10.0. The Balaban J connectivity index is 2.24. The van der Waals surface area contributed by atoms with E-state index in [-0.39, 0.29) is 0 Å². The number of rotatable bonds is 2. The number of nitrogens with two attached hydrogens (primary N) is 1. The van der Waals surface area contributed by atoms with Crippen molar-refractivity contribution >= 4 is 28.5 Å². The predicted octanol–water partition coefficient (Wildman–Crippen LogP) is 2.26. The number of anilines is 1. The molecule has 96 valence electrons. The number of nitrogen functional groups attached to an aromatic ring is 1. The van der Waals surface area contributed by atoms with Crippen molar-refractivity contribution < 1.29 is 4.74 Å². The van der Waals surface area contributed by atoms with Crippen LogP contribution in [0, 0.1) is 0 Å². The Labute approximate surface area is 113 Å². The molecule has 0 fully saturated rings. The number of ether oxygens (including phenoxy) is 1. The Bertz CT molecular complexity index is 755. The summed E-state index contributed by atoms with van der Waals surface area (Å²) in [6, 6.07) is 1.76. The Morgan fingerprint density at radius 1 is 1.37 bits per heavy atom. The molecular formula is C12H10ClN5O. The number of nitrogens with one attached hydrogen (secondary N) is 1. The minimum atomic E-state index is 0.390. The van der Waals surface area contributed by atoms with Crippen LogP contribution < -0.4 is 10.5 Å². The molecule has 0 unspecified atom stereocenters. The van der Waals surface area contributed by atoms with E-state index >= 15 is 0 Å². The summed E-state index contributed by atoms with van der Waals surface area (Å²) in [5.74, 6) is 1.25. The number of hydrogen-bond acceptors (Lipinski definition) is 5. The highest BCUT2D eigenvalue weighted by Crippen LogP contribution is 2.31. The topological polar surface area (TPSA) is 89.7 Å². The molecule has 0 bridgehead atoms. The second-order valence-corrected chi connectivity index (χ2v) is 4.29. The fourth-order valence-corrected chi connectivity index (χ4v) is 1.96. The van der Waals surface area contributed by atoms with Gasteiger partial charge in [0, 0.05) is 12.4 Å². The van der Waals surface area contributed by atoms with Gasteiger partial charge in [-0.15, -0.1) is 0 Å². The van der Waals surface area contributed by atoms with Gasteiger partial charge >= 0.3 is 0 Å². The first-order valence-corrected chi connectivity index (χ1v) is 5.86. The minimum absolute atomic E-state index is 0.390. The van der Waals surface area contributed by atoms with Gasteiger partial charge in [-0.05, 0) is 6.07 Å². The number of halogens is 1. The summed E-state index contributed by atoms with van der Waals surface area (Å²) >= 11 is 5.93. The summed E-state index contributed by atoms with van der Waals surface area (Å²) in [5.41, 5.74) is 8.16. The number of aromatic nitrogens is 4. The van der Waals surface area contributed by atoms with Crippen LogP contribution in [0.15, 0.2) is 24.7 Å². The van der Waals surface area contributed by atoms with Crippen molar-refractivity contribution in [3.8, 4) is 17.1 Å². The molecule has 0 aliphatic carbocycles. The molecule has 0 aromatic carbocycles. The monoisotopic (exact) mass is 275 g/mol. The van der Waals surface area contributed by atoms with E-state index in [0.717, 1.165) is 5.56 Å². The SMILES string of the molecule is COc1ccncc1-c1nc2ncc(Cl)c(N)c2[nH]1. The van der Waals surface area contributed by atoms with Crippen molar-refractivity contribution in [3.63, 3.8) is 0 Å². The highest BCUT2D eigenvalue weighted by molar-refractivity contribution is 6.34. The molecule has 3 rings (SSSR count). The quantitative estimate of drug-likeness (QED) is 0.749. The second kappa shape index (κ2) is 4.40. The van der Waals surface area contributed by atoms with Crippen LogP contribution in [-0.2, 0) is 0 Å². The molecule has 0 saturated heterocycles. The molecule has 3 heterocycles. The number of pyridine rings is 2. The largest absolute Gasteiger partial charge is 0.496 e. The number of aromatic amines is 1. The van der Waals surface area contributed by atoms with Crippen LogP contribution in [0.25, 0.3) is 22.6 Å². The van der Waals surface area contributed by atoms with E-state index in [9.17, 15) is 0 Å². The summed E-state index contributed by atoms with van der Waals surface area (Å²) in [7, 11) is 1.59. The highest BCUT2D eigenvalue weighted by atomic mass is 35.5. The maximum atomic E-state index is 5.93. The summed E-state index contributed by atoms with van der Waals surface area (Å²) in [5, 5.41) is 0.390. The lowest BCUT2D eigenvalue weighted by atomic mass is 10.2. The second-order valence-electron chi connectivity index (χ2n) is 3.88. The standard InChI is InChI=1S/C12H10ClN5O/c1-19-8-2-3-15-4-6(8)11-17-10-9(14)7(13)5-16-12(10)18-11/h2-5H,1H3,(H3,14,16,17,18). The lowest BCUT2D eigenvalue weighted by Crippen LogP contribution is -1.90. The van der Waals surface area contributed by atoms with Crippen molar-refractivity contribution in [2.45, 2.75) is 0 Å². The van der Waals surface area contributed by atoms with Crippen LogP contribution in [0.3, 0.4) is 0 Å². The summed E-state index contributed by atoms with van der Waals surface area (Å²) in [4.78, 5) is 15.7. The molecule has 0 aliphatic rings. The zero-order chi connectivity index (χ0) is 13.4. The van der Waals surface area contributed by atoms with Gasteiger partial charge in [0.25, 0.3) is 0 Å². The maximum Gasteiger partial charge on any atom is 0.180 e. The summed E-state index contributed by atoms with van der Waals surface area (Å²) in [6.07, 6.45) is 4.78. The molecule has 0 amide bonds. The molecule has 19 heavy (non-hydrogen) atoms. The van der Waals surface area contributed by atoms with Crippen LogP contribution >= 0.6 is 11.6 Å². The van der Waals surface area contributed by atoms with E-state index in [1.165, 1.54) is 6.20 Å². The van der Waals surface area contributed by atoms with Gasteiger partial charge in [0.2, 0.25) is 0 Å². The van der Waals surface area contributed by atoms with E-state index in [4.69, 9.17) is 22.1 Å². The van der Waals surface area contributed by atoms with Crippen molar-refractivity contribution in [1.29, 1.82) is 0 Å². The number of methoxy groups -OCH3 is 1. The van der Waals surface area contributed by atoms with Crippen LogP contribution in [0.1, 0.15) is 0 Å². The lowest BCUT2D eigenvalue weighted by Gasteiger charge is -2.03. The Morgan fingerprint density at radius 2 is 2.21 bits per heavy atom. The Hall–Kier alpha value is -2.34. The molecule has 3 aromatic rings. The molecular weight excluding hydrogens is 266 g/mol. The lowest BCUT2D eigenvalue weighted by molar-refractivity contribution is 0.415. The molecule has 0 spiro atoms. The normalized spacial score (nSPS) is 10.8. The van der Waals surface area contributed by atoms with Gasteiger partial charge in [-0.25, -0.2) is 9.97 Å². The third-order valence-electron chi connectivity index (χ3n) is 2.77. The van der Waals surface area contributed by atoms with E-state index in [1.54, 1.807) is 25.6 Å². The van der Waals surface area contributed by atoms with Crippen molar-refractivity contribution in [2.75, 3.05) is 12.8 Å². The number of imidazole rings is 1. The van der Waals surface area contributed by atoms with Gasteiger partial charge in [-0.2, -0.15) is 0 Å². The molecule has 6 nitrogen and oxygen atoms in total. The third kappa shape index (κ3) is 1.86. The average Bonchev–Trinajstić information content (AvgIpc) is 2.87. The summed E-state index contributed by atoms with van der Waals surface area (Å²) < 4.78 is 5.27. The zero-order valence-corrected chi connectivity index (χ0v) is 10.8. The van der Waals surface area contributed by atoms with Crippen LogP contribution in [0.4, 0.5) is 5.69 Å². The minimum Gasteiger partial charge on any atom is -0.496 e. The molecule has 0 saturated carbocycles. The first kappa shape index (κ1) is 11.7. The number of H-pyrrole nitrogens is 1. The van der Waals surface area contributed by atoms with Gasteiger partial charge in [-0.3, -0.25) is 4.98 Å². The molecule has 0 atom stereocenters. The van der Waals surface area contributed by atoms with Crippen molar-refractivity contribution in [2.24, 2.45) is 0 Å². The summed E-state index contributed by atoms with van der Waals surface area (Å²) in [6.45, 7) is 0. The molecule has 3 aromatic heterocycles. The van der Waals surface area contributed by atoms with Gasteiger partial charge in [0.05, 0.1) is 29.6 Å². The number of fused-ring (bicyclic) bond motifs is 1. The van der Waals surface area contributed by atoms with Gasteiger partial charge < -0.3 is 15.5 Å². The fourth-order valence-electron chi connectivity index (χ4n) is 1.82. The van der Waals surface area contributed by atoms with E-state index in [2.05, 4.69) is 19.9 Å². The first-order chi connectivity index (χ1) is 9.20. The van der Waals surface area contributed by atoms with Crippen LogP contribution in [-0.4, -0.2) is 27.0 Å². The van der Waals surface area contributed by atoms with Gasteiger partial charge in [0.15, 0.2) is 5.65 Å². The molecule has 0 radical (unpaired) electrons. The number of nitrogens with zero attached hydrogens (tertiary/aromatic N) is 3. The molecule has 0 aliphatic heterocycles. The van der Waals surface area contributed by atoms with Gasteiger partial charge in [0.1, 0.15) is 17.1 Å². The van der Waals surface area contributed by atoms with E-state index in [0.29, 0.717) is 33.4 Å². The predicted molar refractivity (Wildman–Crippen MR) is 73.1 cm³/mol. The maximum absolute atomic E-state index is 5.93. The van der Waals surface area contributed by atoms with E-state index in [1.807, 2.05) is 0 Å². The molecule has 7 heteroatoms. The number of hydrogen-bond donors (Lipinski definition) is 2. The first-order valence-electron chi connectivity index (χ1n) is 5.48. The Kier molecular flexibility index (Phi) is 2.72. The van der Waals surface area contributed by atoms with Crippen molar-refractivity contribution in [1.82, 2.24) is 19.9 Å². The van der Waals surface area contributed by atoms with Crippen molar-refractivity contribution in [3.05, 3.63) is 29.7 Å². The van der Waals surface area contributed by atoms with Crippen LogP contribution in [0.2, 0.25) is 5.02 Å².